The van der Waals surface area contributed by atoms with Crippen molar-refractivity contribution in [3.05, 3.63) is 66.4 Å². The highest BCUT2D eigenvalue weighted by atomic mass is 35.5. The van der Waals surface area contributed by atoms with Crippen molar-refractivity contribution in [2.75, 3.05) is 13.1 Å². The average molecular weight is 503 g/mol. The van der Waals surface area contributed by atoms with E-state index in [1.807, 2.05) is 0 Å². The quantitative estimate of drug-likeness (QED) is 0.270. The second kappa shape index (κ2) is 9.94. The fourth-order valence-electron chi connectivity index (χ4n) is 2.52. The van der Waals surface area contributed by atoms with Crippen LogP contribution >= 0.6 is 34.8 Å². The van der Waals surface area contributed by atoms with Crippen LogP contribution in [0, 0.1) is 17.0 Å². The molecule has 0 aliphatic heterocycles. The molecule has 0 bridgehead atoms. The molecule has 15 heteroatoms. The van der Waals surface area contributed by atoms with E-state index in [0.717, 1.165) is 0 Å². The topological polar surface area (TPSA) is 158 Å². The fraction of sp³-hybridized carbons (Fsp3) is 0.235. The first-order valence-electron chi connectivity index (χ1n) is 8.88. The van der Waals surface area contributed by atoms with E-state index in [0.29, 0.717) is 10.7 Å². The van der Waals surface area contributed by atoms with Gasteiger partial charge in [-0.15, -0.1) is 0 Å². The monoisotopic (exact) mass is 501 g/mol. The van der Waals surface area contributed by atoms with E-state index in [1.54, 1.807) is 13.0 Å². The summed E-state index contributed by atoms with van der Waals surface area (Å²) in [5, 5.41) is 24.0. The molecule has 2 aromatic heterocycles. The predicted octanol–water partition coefficient (Wildman–Crippen LogP) is 2.65. The van der Waals surface area contributed by atoms with Gasteiger partial charge in [0.05, 0.1) is 21.4 Å². The van der Waals surface area contributed by atoms with Gasteiger partial charge in [-0.1, -0.05) is 40.0 Å². The lowest BCUT2D eigenvalue weighted by Crippen LogP contribution is -2.35. The number of nitrogens with zero attached hydrogens (tertiary/aromatic N) is 5. The van der Waals surface area contributed by atoms with Crippen LogP contribution in [0.15, 0.2) is 22.7 Å². The predicted molar refractivity (Wildman–Crippen MR) is 113 cm³/mol. The molecule has 2 heterocycles. The zero-order valence-corrected chi connectivity index (χ0v) is 18.5. The molecule has 0 atom stereocenters. The Morgan fingerprint density at radius 1 is 1.19 bits per heavy atom. The van der Waals surface area contributed by atoms with Gasteiger partial charge in [-0.25, -0.2) is 0 Å². The van der Waals surface area contributed by atoms with Gasteiger partial charge in [0.1, 0.15) is 6.54 Å². The van der Waals surface area contributed by atoms with E-state index in [-0.39, 0.29) is 47.0 Å². The van der Waals surface area contributed by atoms with Crippen LogP contribution in [0.25, 0.3) is 0 Å². The highest BCUT2D eigenvalue weighted by Crippen LogP contribution is 2.26. The first-order valence-corrected chi connectivity index (χ1v) is 10.0. The van der Waals surface area contributed by atoms with E-state index < -0.39 is 22.6 Å². The van der Waals surface area contributed by atoms with Crippen LogP contribution in [-0.2, 0) is 6.54 Å². The molecule has 12 nitrogen and oxygen atoms in total. The molecule has 3 aromatic rings. The standard InChI is InChI=1S/C17H14Cl3N7O5/c1-8-13(20)14(27(30)31)24-26(8)7-12-23-17(32-25-12)16(29)22-5-4-21-15(28)10-6-9(18)2-3-11(10)19/h2-3,6H,4-5,7H2,1H3,(H,21,28)(H,22,29). The Morgan fingerprint density at radius 3 is 2.53 bits per heavy atom. The molecule has 2 amide bonds. The number of rotatable bonds is 8. The SMILES string of the molecule is Cc1c(Cl)c([N+](=O)[O-])nn1Cc1noc(C(=O)NCCNC(=O)c2cc(Cl)ccc2Cl)n1. The minimum Gasteiger partial charge on any atom is -0.358 e. The van der Waals surface area contributed by atoms with Crippen molar-refractivity contribution in [1.82, 2.24) is 30.6 Å². The second-order valence-electron chi connectivity index (χ2n) is 6.29. The number of hydrogen-bond donors (Lipinski definition) is 2. The van der Waals surface area contributed by atoms with Crippen molar-refractivity contribution >= 4 is 52.4 Å². The molecule has 3 rings (SSSR count). The van der Waals surface area contributed by atoms with Crippen LogP contribution < -0.4 is 10.6 Å². The number of hydrogen-bond acceptors (Lipinski definition) is 8. The average Bonchev–Trinajstić information content (AvgIpc) is 3.33. The number of amides is 2. The van der Waals surface area contributed by atoms with Gasteiger partial charge in [-0.3, -0.25) is 9.59 Å². The first-order chi connectivity index (χ1) is 15.2. The van der Waals surface area contributed by atoms with Gasteiger partial charge in [-0.2, -0.15) is 9.67 Å². The van der Waals surface area contributed by atoms with Crippen molar-refractivity contribution in [1.29, 1.82) is 0 Å². The maximum atomic E-state index is 12.1. The van der Waals surface area contributed by atoms with Crippen molar-refractivity contribution in [2.45, 2.75) is 13.5 Å². The van der Waals surface area contributed by atoms with Crippen LogP contribution in [0.1, 0.15) is 32.6 Å². The Bertz CT molecular complexity index is 1190. The number of aromatic nitrogens is 4. The smallest absolute Gasteiger partial charge is 0.358 e. The normalized spacial score (nSPS) is 10.8. The van der Waals surface area contributed by atoms with Crippen molar-refractivity contribution in [2.24, 2.45) is 0 Å². The molecule has 0 spiro atoms. The lowest BCUT2D eigenvalue weighted by atomic mass is 10.2. The number of nitro groups is 1. The van der Waals surface area contributed by atoms with Crippen LogP contribution in [0.4, 0.5) is 5.82 Å². The molecule has 0 aliphatic rings. The molecule has 0 unspecified atom stereocenters. The van der Waals surface area contributed by atoms with Crippen LogP contribution in [0.3, 0.4) is 0 Å². The summed E-state index contributed by atoms with van der Waals surface area (Å²) in [6.45, 7) is 1.62. The lowest BCUT2D eigenvalue weighted by molar-refractivity contribution is -0.389. The number of carbonyl (C=O) groups is 2. The summed E-state index contributed by atoms with van der Waals surface area (Å²) < 4.78 is 6.12. The van der Waals surface area contributed by atoms with Gasteiger partial charge < -0.3 is 25.3 Å². The number of carbonyl (C=O) groups excluding carboxylic acids is 2. The van der Waals surface area contributed by atoms with Crippen LogP contribution in [-0.4, -0.2) is 49.7 Å². The molecule has 0 saturated carbocycles. The fourth-order valence-corrected chi connectivity index (χ4v) is 3.10. The van der Waals surface area contributed by atoms with E-state index in [9.17, 15) is 19.7 Å². The Labute approximate surface area is 195 Å². The van der Waals surface area contributed by atoms with E-state index in [4.69, 9.17) is 39.3 Å². The maximum absolute atomic E-state index is 12.1. The molecule has 0 aliphatic carbocycles. The zero-order chi connectivity index (χ0) is 23.4. The summed E-state index contributed by atoms with van der Waals surface area (Å²) in [5.74, 6) is -1.87. The third-order valence-corrected chi connectivity index (χ3v) is 5.12. The minimum absolute atomic E-state index is 0.0659. The number of benzene rings is 1. The van der Waals surface area contributed by atoms with Gasteiger partial charge in [0.2, 0.25) is 0 Å². The highest BCUT2D eigenvalue weighted by molar-refractivity contribution is 6.35. The lowest BCUT2D eigenvalue weighted by Gasteiger charge is -2.07. The Balaban J connectivity index is 1.52. The zero-order valence-electron chi connectivity index (χ0n) is 16.3. The van der Waals surface area contributed by atoms with Crippen molar-refractivity contribution < 1.29 is 19.0 Å². The van der Waals surface area contributed by atoms with E-state index in [1.165, 1.54) is 16.8 Å². The third-order valence-electron chi connectivity index (χ3n) is 4.11. The minimum atomic E-state index is -0.708. The van der Waals surface area contributed by atoms with Gasteiger partial charge in [0, 0.05) is 18.1 Å². The van der Waals surface area contributed by atoms with Crippen LogP contribution in [0.2, 0.25) is 15.1 Å². The summed E-state index contributed by atoms with van der Waals surface area (Å²) in [4.78, 5) is 38.4. The summed E-state index contributed by atoms with van der Waals surface area (Å²) >= 11 is 17.7. The van der Waals surface area contributed by atoms with E-state index >= 15 is 0 Å². The second-order valence-corrected chi connectivity index (χ2v) is 7.51. The molecule has 0 saturated heterocycles. The Morgan fingerprint density at radius 2 is 1.88 bits per heavy atom. The van der Waals surface area contributed by atoms with Crippen molar-refractivity contribution in [3.8, 4) is 0 Å². The molecule has 0 radical (unpaired) electrons. The van der Waals surface area contributed by atoms with Gasteiger partial charge in [0.15, 0.2) is 10.8 Å². The Kier molecular flexibility index (Phi) is 7.28. The Hall–Kier alpha value is -3.22. The van der Waals surface area contributed by atoms with Crippen molar-refractivity contribution in [3.63, 3.8) is 0 Å². The van der Waals surface area contributed by atoms with Crippen LogP contribution in [0.5, 0.6) is 0 Å². The van der Waals surface area contributed by atoms with Gasteiger partial charge in [0.25, 0.3) is 5.91 Å². The number of halogens is 3. The largest absolute Gasteiger partial charge is 0.408 e. The molecule has 0 fully saturated rings. The van der Waals surface area contributed by atoms with E-state index in [2.05, 4.69) is 25.9 Å². The summed E-state index contributed by atoms with van der Waals surface area (Å²) in [6.07, 6.45) is 0. The molecular formula is C17H14Cl3N7O5. The summed E-state index contributed by atoms with van der Waals surface area (Å²) in [5.41, 5.74) is 0.547. The van der Waals surface area contributed by atoms with Gasteiger partial charge >= 0.3 is 17.6 Å². The summed E-state index contributed by atoms with van der Waals surface area (Å²) in [7, 11) is 0. The molecule has 1 aromatic carbocycles. The maximum Gasteiger partial charge on any atom is 0.408 e. The molecule has 168 valence electrons. The molecular weight excluding hydrogens is 489 g/mol. The number of nitrogens with one attached hydrogen (secondary N) is 2. The first kappa shape index (κ1) is 23.4. The highest BCUT2D eigenvalue weighted by Gasteiger charge is 2.25. The van der Waals surface area contributed by atoms with Gasteiger partial charge in [-0.05, 0) is 30.0 Å². The summed E-state index contributed by atoms with van der Waals surface area (Å²) in [6, 6.07) is 4.49. The molecule has 2 N–H and O–H groups in total. The third kappa shape index (κ3) is 5.33. The molecule has 32 heavy (non-hydrogen) atoms.